The van der Waals surface area contributed by atoms with Crippen LogP contribution in [-0.2, 0) is 14.9 Å². The number of ether oxygens (including phenoxy) is 1. The predicted octanol–water partition coefficient (Wildman–Crippen LogP) is 0.682. The van der Waals surface area contributed by atoms with Gasteiger partial charge in [0.15, 0.2) is 0 Å². The number of aromatic carboxylic acids is 1. The molecule has 0 atom stereocenters. The number of carbonyl (C=O) groups is 1. The molecule has 0 saturated carbocycles. The van der Waals surface area contributed by atoms with Gasteiger partial charge in [-0.25, -0.2) is 4.79 Å². The molecule has 0 amide bonds. The third-order valence-electron chi connectivity index (χ3n) is 3.01. The topological polar surface area (TPSA) is 95.9 Å². The van der Waals surface area contributed by atoms with Gasteiger partial charge in [0.25, 0.3) is 0 Å². The van der Waals surface area contributed by atoms with Gasteiger partial charge < -0.3 is 9.84 Å². The molecule has 110 valence electrons. The van der Waals surface area contributed by atoms with Crippen LogP contribution in [0.3, 0.4) is 0 Å². The Morgan fingerprint density at radius 1 is 1.35 bits per heavy atom. The van der Waals surface area contributed by atoms with Crippen molar-refractivity contribution in [1.82, 2.24) is 4.31 Å². The Bertz CT molecular complexity index is 608. The Balaban J connectivity index is 2.17. The van der Waals surface area contributed by atoms with E-state index in [4.69, 9.17) is 9.84 Å². The van der Waals surface area contributed by atoms with Crippen molar-refractivity contribution in [2.24, 2.45) is 0 Å². The Hall–Kier alpha value is -1.64. The van der Waals surface area contributed by atoms with E-state index in [-0.39, 0.29) is 5.56 Å². The molecule has 0 radical (unpaired) electrons. The average Bonchev–Trinajstić information content (AvgIpc) is 2.39. The zero-order valence-corrected chi connectivity index (χ0v) is 11.8. The zero-order valence-electron chi connectivity index (χ0n) is 11.0. The molecule has 0 bridgehead atoms. The summed E-state index contributed by atoms with van der Waals surface area (Å²) in [4.78, 5) is 10.9. The smallest absolute Gasteiger partial charge is 0.335 e. The van der Waals surface area contributed by atoms with Gasteiger partial charge in [0.1, 0.15) is 0 Å². The molecule has 2 rings (SSSR count). The molecule has 1 aliphatic heterocycles. The summed E-state index contributed by atoms with van der Waals surface area (Å²) in [5.74, 6) is -1.04. The van der Waals surface area contributed by atoms with Crippen molar-refractivity contribution in [3.63, 3.8) is 0 Å². The van der Waals surface area contributed by atoms with Gasteiger partial charge in [0, 0.05) is 13.1 Å². The maximum Gasteiger partial charge on any atom is 0.335 e. The van der Waals surface area contributed by atoms with Crippen LogP contribution in [0.4, 0.5) is 5.69 Å². The van der Waals surface area contributed by atoms with Gasteiger partial charge in [-0.2, -0.15) is 12.7 Å². The lowest BCUT2D eigenvalue weighted by atomic mass is 10.1. The van der Waals surface area contributed by atoms with Crippen LogP contribution < -0.4 is 4.72 Å². The fourth-order valence-electron chi connectivity index (χ4n) is 1.97. The number of morpholine rings is 1. The van der Waals surface area contributed by atoms with Gasteiger partial charge in [0.2, 0.25) is 0 Å². The summed E-state index contributed by atoms with van der Waals surface area (Å²) in [7, 11) is -3.63. The molecule has 1 aromatic rings. The number of aryl methyl sites for hydroxylation is 1. The third-order valence-corrected chi connectivity index (χ3v) is 4.55. The molecule has 1 aliphatic rings. The number of hydrogen-bond donors (Lipinski definition) is 2. The molecule has 0 aromatic heterocycles. The van der Waals surface area contributed by atoms with Crippen molar-refractivity contribution in [2.45, 2.75) is 6.92 Å². The van der Waals surface area contributed by atoms with Crippen LogP contribution >= 0.6 is 0 Å². The second-order valence-corrected chi connectivity index (χ2v) is 6.12. The van der Waals surface area contributed by atoms with Crippen molar-refractivity contribution in [3.05, 3.63) is 29.3 Å². The summed E-state index contributed by atoms with van der Waals surface area (Å²) in [6, 6.07) is 4.32. The van der Waals surface area contributed by atoms with E-state index in [1.807, 2.05) is 0 Å². The van der Waals surface area contributed by atoms with Gasteiger partial charge in [-0.15, -0.1) is 0 Å². The highest BCUT2D eigenvalue weighted by atomic mass is 32.2. The minimum absolute atomic E-state index is 0.152. The Morgan fingerprint density at radius 3 is 2.55 bits per heavy atom. The van der Waals surface area contributed by atoms with Crippen molar-refractivity contribution >= 4 is 21.9 Å². The van der Waals surface area contributed by atoms with Crippen molar-refractivity contribution in [2.75, 3.05) is 31.0 Å². The van der Waals surface area contributed by atoms with Crippen molar-refractivity contribution in [3.8, 4) is 0 Å². The minimum atomic E-state index is -3.63. The molecule has 1 fully saturated rings. The summed E-state index contributed by atoms with van der Waals surface area (Å²) < 4.78 is 33.1. The number of rotatable bonds is 4. The molecule has 7 nitrogen and oxygen atoms in total. The summed E-state index contributed by atoms with van der Waals surface area (Å²) in [6.07, 6.45) is 0. The monoisotopic (exact) mass is 300 g/mol. The standard InChI is InChI=1S/C12H16N2O5S/c1-9-8-10(2-3-11(9)12(15)16)13-20(17,18)14-4-6-19-7-5-14/h2-3,8,13H,4-7H2,1H3,(H,15,16). The quantitative estimate of drug-likeness (QED) is 0.852. The Morgan fingerprint density at radius 2 is 2.00 bits per heavy atom. The molecule has 8 heteroatoms. The van der Waals surface area contributed by atoms with E-state index in [2.05, 4.69) is 4.72 Å². The highest BCUT2D eigenvalue weighted by Gasteiger charge is 2.24. The van der Waals surface area contributed by atoms with Crippen LogP contribution in [0.1, 0.15) is 15.9 Å². The number of carboxylic acid groups (broad SMARTS) is 1. The highest BCUT2D eigenvalue weighted by Crippen LogP contribution is 2.18. The minimum Gasteiger partial charge on any atom is -0.478 e. The van der Waals surface area contributed by atoms with Crippen LogP contribution in [0.25, 0.3) is 0 Å². The van der Waals surface area contributed by atoms with E-state index < -0.39 is 16.2 Å². The lowest BCUT2D eigenvalue weighted by Crippen LogP contribution is -2.43. The molecule has 1 saturated heterocycles. The molecule has 2 N–H and O–H groups in total. The predicted molar refractivity (Wildman–Crippen MR) is 73.1 cm³/mol. The fourth-order valence-corrected chi connectivity index (χ4v) is 3.15. The fraction of sp³-hybridized carbons (Fsp3) is 0.417. The number of hydrogen-bond acceptors (Lipinski definition) is 4. The number of nitrogens with zero attached hydrogens (tertiary/aromatic N) is 1. The van der Waals surface area contributed by atoms with E-state index in [0.717, 1.165) is 0 Å². The molecular weight excluding hydrogens is 284 g/mol. The maximum atomic E-state index is 12.1. The van der Waals surface area contributed by atoms with Crippen molar-refractivity contribution in [1.29, 1.82) is 0 Å². The van der Waals surface area contributed by atoms with Crippen LogP contribution in [-0.4, -0.2) is 50.1 Å². The average molecular weight is 300 g/mol. The SMILES string of the molecule is Cc1cc(NS(=O)(=O)N2CCOCC2)ccc1C(=O)O. The normalized spacial score (nSPS) is 16.9. The van der Waals surface area contributed by atoms with Gasteiger partial charge in [-0.3, -0.25) is 4.72 Å². The first kappa shape index (κ1) is 14.8. The summed E-state index contributed by atoms with van der Waals surface area (Å²) in [5, 5.41) is 8.93. The first-order chi connectivity index (χ1) is 9.40. The van der Waals surface area contributed by atoms with E-state index >= 15 is 0 Å². The van der Waals surface area contributed by atoms with Gasteiger partial charge in [-0.1, -0.05) is 0 Å². The zero-order chi connectivity index (χ0) is 14.8. The van der Waals surface area contributed by atoms with Crippen LogP contribution in [0.2, 0.25) is 0 Å². The first-order valence-electron chi connectivity index (χ1n) is 6.10. The van der Waals surface area contributed by atoms with E-state index in [9.17, 15) is 13.2 Å². The summed E-state index contributed by atoms with van der Waals surface area (Å²) in [6.45, 7) is 2.98. The lowest BCUT2D eigenvalue weighted by Gasteiger charge is -2.26. The second kappa shape index (κ2) is 5.78. The Labute approximate surface area is 117 Å². The highest BCUT2D eigenvalue weighted by molar-refractivity contribution is 7.90. The number of benzene rings is 1. The largest absolute Gasteiger partial charge is 0.478 e. The number of nitrogens with one attached hydrogen (secondary N) is 1. The third kappa shape index (κ3) is 3.27. The molecule has 0 unspecified atom stereocenters. The molecule has 0 aliphatic carbocycles. The summed E-state index contributed by atoms with van der Waals surface area (Å²) >= 11 is 0. The molecular formula is C12H16N2O5S. The maximum absolute atomic E-state index is 12.1. The molecule has 0 spiro atoms. The van der Waals surface area contributed by atoms with Gasteiger partial charge in [0.05, 0.1) is 24.5 Å². The van der Waals surface area contributed by atoms with Crippen LogP contribution in [0.15, 0.2) is 18.2 Å². The summed E-state index contributed by atoms with van der Waals surface area (Å²) in [5.41, 5.74) is 0.998. The molecule has 1 heterocycles. The van der Waals surface area contributed by atoms with Crippen LogP contribution in [0.5, 0.6) is 0 Å². The van der Waals surface area contributed by atoms with E-state index in [1.54, 1.807) is 6.92 Å². The van der Waals surface area contributed by atoms with Crippen LogP contribution in [0, 0.1) is 6.92 Å². The number of anilines is 1. The second-order valence-electron chi connectivity index (χ2n) is 4.45. The molecule has 1 aromatic carbocycles. The Kier molecular flexibility index (Phi) is 4.26. The number of carboxylic acids is 1. The molecule has 20 heavy (non-hydrogen) atoms. The van der Waals surface area contributed by atoms with E-state index in [0.29, 0.717) is 37.6 Å². The van der Waals surface area contributed by atoms with Crippen molar-refractivity contribution < 1.29 is 23.1 Å². The van der Waals surface area contributed by atoms with Gasteiger partial charge >= 0.3 is 16.2 Å². The van der Waals surface area contributed by atoms with E-state index in [1.165, 1.54) is 22.5 Å². The van der Waals surface area contributed by atoms with Gasteiger partial charge in [-0.05, 0) is 30.7 Å². The first-order valence-corrected chi connectivity index (χ1v) is 7.54. The lowest BCUT2D eigenvalue weighted by molar-refractivity contribution is 0.0696.